The summed E-state index contributed by atoms with van der Waals surface area (Å²) in [6.45, 7) is 2.67. The van der Waals surface area contributed by atoms with Crippen LogP contribution in [-0.2, 0) is 11.3 Å². The summed E-state index contributed by atoms with van der Waals surface area (Å²) in [4.78, 5) is 13.4. The van der Waals surface area contributed by atoms with Crippen molar-refractivity contribution >= 4 is 5.91 Å². The van der Waals surface area contributed by atoms with Crippen LogP contribution in [0.4, 0.5) is 0 Å². The third kappa shape index (κ3) is 4.31. The molecule has 7 nitrogen and oxygen atoms in total. The second-order valence-corrected chi connectivity index (χ2v) is 6.00. The molecular formula is C17H23N5O2. The molecule has 0 atom stereocenters. The Labute approximate surface area is 141 Å². The van der Waals surface area contributed by atoms with Crippen molar-refractivity contribution in [3.63, 3.8) is 0 Å². The smallest absolute Gasteiger partial charge is 0.243 e. The van der Waals surface area contributed by atoms with Crippen LogP contribution in [-0.4, -0.2) is 38.8 Å². The molecule has 1 aromatic carbocycles. The molecule has 1 aliphatic carbocycles. The van der Waals surface area contributed by atoms with Gasteiger partial charge in [-0.2, -0.15) is 4.80 Å². The van der Waals surface area contributed by atoms with Gasteiger partial charge in [-0.1, -0.05) is 19.3 Å². The molecule has 1 amide bonds. The van der Waals surface area contributed by atoms with Crippen molar-refractivity contribution in [2.75, 3.05) is 6.61 Å². The van der Waals surface area contributed by atoms with Gasteiger partial charge in [-0.25, -0.2) is 0 Å². The Hall–Kier alpha value is -2.44. The van der Waals surface area contributed by atoms with Crippen molar-refractivity contribution in [3.05, 3.63) is 24.3 Å². The van der Waals surface area contributed by atoms with Gasteiger partial charge in [0.05, 0.1) is 6.61 Å². The van der Waals surface area contributed by atoms with Gasteiger partial charge in [0, 0.05) is 11.6 Å². The highest BCUT2D eigenvalue weighted by molar-refractivity contribution is 5.75. The van der Waals surface area contributed by atoms with Crippen LogP contribution in [0.2, 0.25) is 0 Å². The molecule has 1 N–H and O–H groups in total. The summed E-state index contributed by atoms with van der Waals surface area (Å²) in [5.74, 6) is 1.25. The first-order valence-electron chi connectivity index (χ1n) is 8.55. The van der Waals surface area contributed by atoms with Crippen molar-refractivity contribution in [2.45, 2.75) is 51.6 Å². The van der Waals surface area contributed by atoms with E-state index in [4.69, 9.17) is 4.74 Å². The summed E-state index contributed by atoms with van der Waals surface area (Å²) in [6, 6.07) is 7.80. The van der Waals surface area contributed by atoms with Crippen molar-refractivity contribution in [1.29, 1.82) is 0 Å². The Bertz CT molecular complexity index is 662. The first-order valence-corrected chi connectivity index (χ1v) is 8.55. The van der Waals surface area contributed by atoms with Gasteiger partial charge in [-0.3, -0.25) is 4.79 Å². The molecular weight excluding hydrogens is 306 g/mol. The standard InChI is InChI=1S/C17H23N5O2/c1-2-24-15-10-8-13(9-11-15)17-19-21-22(20-17)12-16(23)18-14-6-4-3-5-7-14/h8-11,14H,2-7,12H2,1H3,(H,18,23). The molecule has 0 saturated heterocycles. The lowest BCUT2D eigenvalue weighted by atomic mass is 9.95. The molecule has 1 heterocycles. The van der Waals surface area contributed by atoms with Crippen LogP contribution in [0.25, 0.3) is 11.4 Å². The molecule has 0 bridgehead atoms. The van der Waals surface area contributed by atoms with E-state index in [-0.39, 0.29) is 12.5 Å². The number of hydrogen-bond acceptors (Lipinski definition) is 5. The molecule has 24 heavy (non-hydrogen) atoms. The highest BCUT2D eigenvalue weighted by atomic mass is 16.5. The van der Waals surface area contributed by atoms with E-state index in [2.05, 4.69) is 20.7 Å². The molecule has 1 saturated carbocycles. The SMILES string of the molecule is CCOc1ccc(-c2nnn(CC(=O)NC3CCCCC3)n2)cc1. The van der Waals surface area contributed by atoms with Crippen LogP contribution in [0.5, 0.6) is 5.75 Å². The Morgan fingerprint density at radius 3 is 2.71 bits per heavy atom. The molecule has 0 radical (unpaired) electrons. The van der Waals surface area contributed by atoms with Gasteiger partial charge < -0.3 is 10.1 Å². The lowest BCUT2D eigenvalue weighted by Crippen LogP contribution is -2.38. The molecule has 3 rings (SSSR count). The molecule has 0 unspecified atom stereocenters. The maximum Gasteiger partial charge on any atom is 0.243 e. The topological polar surface area (TPSA) is 81.9 Å². The predicted octanol–water partition coefficient (Wildman–Crippen LogP) is 2.19. The van der Waals surface area contributed by atoms with E-state index in [1.165, 1.54) is 24.1 Å². The Morgan fingerprint density at radius 1 is 1.25 bits per heavy atom. The molecule has 1 aliphatic rings. The minimum absolute atomic E-state index is 0.0578. The number of ether oxygens (including phenoxy) is 1. The summed E-state index contributed by atoms with van der Waals surface area (Å²) < 4.78 is 5.41. The second-order valence-electron chi connectivity index (χ2n) is 6.00. The number of nitrogens with one attached hydrogen (secondary N) is 1. The van der Waals surface area contributed by atoms with Gasteiger partial charge in [0.2, 0.25) is 11.7 Å². The van der Waals surface area contributed by atoms with E-state index in [0.29, 0.717) is 18.5 Å². The van der Waals surface area contributed by atoms with Crippen molar-refractivity contribution < 1.29 is 9.53 Å². The number of carbonyl (C=O) groups excluding carboxylic acids is 1. The summed E-state index contributed by atoms with van der Waals surface area (Å²) >= 11 is 0. The number of tetrazole rings is 1. The van der Waals surface area contributed by atoms with E-state index in [9.17, 15) is 4.79 Å². The first kappa shape index (κ1) is 16.4. The minimum Gasteiger partial charge on any atom is -0.494 e. The third-order valence-corrected chi connectivity index (χ3v) is 4.13. The zero-order valence-corrected chi connectivity index (χ0v) is 13.9. The maximum absolute atomic E-state index is 12.1. The van der Waals surface area contributed by atoms with Gasteiger partial charge in [0.15, 0.2) is 0 Å². The molecule has 128 valence electrons. The Kier molecular flexibility index (Phi) is 5.40. The van der Waals surface area contributed by atoms with Crippen molar-refractivity contribution in [1.82, 2.24) is 25.5 Å². The largest absolute Gasteiger partial charge is 0.494 e. The van der Waals surface area contributed by atoms with Crippen LogP contribution in [0, 0.1) is 0 Å². The van der Waals surface area contributed by atoms with E-state index in [0.717, 1.165) is 24.2 Å². The normalized spacial score (nSPS) is 15.2. The number of aromatic nitrogens is 4. The van der Waals surface area contributed by atoms with Crippen LogP contribution in [0.1, 0.15) is 39.0 Å². The number of hydrogen-bond donors (Lipinski definition) is 1. The lowest BCUT2D eigenvalue weighted by Gasteiger charge is -2.22. The van der Waals surface area contributed by atoms with Gasteiger partial charge in [0.1, 0.15) is 12.3 Å². The average molecular weight is 329 g/mol. The third-order valence-electron chi connectivity index (χ3n) is 4.13. The van der Waals surface area contributed by atoms with E-state index in [1.54, 1.807) is 0 Å². The zero-order valence-electron chi connectivity index (χ0n) is 13.9. The van der Waals surface area contributed by atoms with Crippen LogP contribution in [0.3, 0.4) is 0 Å². The molecule has 0 aliphatic heterocycles. The monoisotopic (exact) mass is 329 g/mol. The maximum atomic E-state index is 12.1. The number of carbonyl (C=O) groups is 1. The zero-order chi connectivity index (χ0) is 16.8. The van der Waals surface area contributed by atoms with Crippen molar-refractivity contribution in [2.24, 2.45) is 0 Å². The van der Waals surface area contributed by atoms with Gasteiger partial charge in [-0.05, 0) is 49.2 Å². The second kappa shape index (κ2) is 7.90. The van der Waals surface area contributed by atoms with Crippen LogP contribution >= 0.6 is 0 Å². The fourth-order valence-electron chi connectivity index (χ4n) is 2.94. The highest BCUT2D eigenvalue weighted by Crippen LogP contribution is 2.19. The predicted molar refractivity (Wildman–Crippen MR) is 89.4 cm³/mol. The quantitative estimate of drug-likeness (QED) is 0.878. The van der Waals surface area contributed by atoms with Crippen LogP contribution < -0.4 is 10.1 Å². The minimum atomic E-state index is -0.0578. The number of amides is 1. The Balaban J connectivity index is 1.57. The lowest BCUT2D eigenvalue weighted by molar-refractivity contribution is -0.123. The van der Waals surface area contributed by atoms with Gasteiger partial charge in [-0.15, -0.1) is 10.2 Å². The summed E-state index contributed by atoms with van der Waals surface area (Å²) in [5, 5.41) is 15.3. The van der Waals surface area contributed by atoms with Crippen molar-refractivity contribution in [3.8, 4) is 17.1 Å². The highest BCUT2D eigenvalue weighted by Gasteiger charge is 2.16. The number of benzene rings is 1. The molecule has 0 spiro atoms. The van der Waals surface area contributed by atoms with Gasteiger partial charge in [0.25, 0.3) is 0 Å². The first-order chi connectivity index (χ1) is 11.7. The number of rotatable bonds is 6. The molecule has 1 fully saturated rings. The summed E-state index contributed by atoms with van der Waals surface area (Å²) in [5.41, 5.74) is 0.845. The van der Waals surface area contributed by atoms with E-state index in [1.807, 2.05) is 31.2 Å². The summed E-state index contributed by atoms with van der Waals surface area (Å²) in [7, 11) is 0. The van der Waals surface area contributed by atoms with Crippen LogP contribution in [0.15, 0.2) is 24.3 Å². The molecule has 7 heteroatoms. The molecule has 2 aromatic rings. The fourth-order valence-corrected chi connectivity index (χ4v) is 2.94. The number of nitrogens with zero attached hydrogens (tertiary/aromatic N) is 4. The molecule has 1 aromatic heterocycles. The summed E-state index contributed by atoms with van der Waals surface area (Å²) in [6.07, 6.45) is 5.77. The van der Waals surface area contributed by atoms with E-state index < -0.39 is 0 Å². The average Bonchev–Trinajstić information content (AvgIpc) is 3.05. The van der Waals surface area contributed by atoms with Gasteiger partial charge >= 0.3 is 0 Å². The fraction of sp³-hybridized carbons (Fsp3) is 0.529. The van der Waals surface area contributed by atoms with E-state index >= 15 is 0 Å². The Morgan fingerprint density at radius 2 is 2.00 bits per heavy atom.